The van der Waals surface area contributed by atoms with Gasteiger partial charge in [-0.2, -0.15) is 0 Å². The topological polar surface area (TPSA) is 76.2 Å². The first-order chi connectivity index (χ1) is 12.6. The number of phenolic OH excluding ortho intramolecular Hbond substituents is 1. The van der Waals surface area contributed by atoms with Crippen LogP contribution in [0, 0.1) is 6.92 Å². The third kappa shape index (κ3) is 2.97. The number of thioether (sulfide) groups is 1. The number of aromatic hydroxyl groups is 1. The van der Waals surface area contributed by atoms with Gasteiger partial charge in [0.2, 0.25) is 0 Å². The smallest absolute Gasteiger partial charge is 0.336 e. The van der Waals surface area contributed by atoms with Crippen LogP contribution in [0.4, 0.5) is 0 Å². The molecule has 4 aromatic rings. The highest BCUT2D eigenvalue weighted by molar-refractivity contribution is 7.98. The Kier molecular flexibility index (Phi) is 4.42. The number of aromatic nitrogens is 2. The molecule has 0 bridgehead atoms. The van der Waals surface area contributed by atoms with Crippen molar-refractivity contribution in [1.82, 2.24) is 9.97 Å². The number of fused-ring (bicyclic) bond motifs is 2. The van der Waals surface area contributed by atoms with E-state index in [1.807, 2.05) is 0 Å². The minimum Gasteiger partial charge on any atom is -0.508 e. The lowest BCUT2D eigenvalue weighted by Crippen LogP contribution is -2.01. The summed E-state index contributed by atoms with van der Waals surface area (Å²) in [6.45, 7) is 3.86. The third-order valence-corrected chi connectivity index (χ3v) is 6.52. The van der Waals surface area contributed by atoms with Crippen LogP contribution in [0.15, 0.2) is 44.8 Å². The zero-order chi connectivity index (χ0) is 18.3. The fourth-order valence-corrected chi connectivity index (χ4v) is 4.82. The molecule has 3 aromatic heterocycles. The van der Waals surface area contributed by atoms with Gasteiger partial charge in [-0.15, -0.1) is 23.1 Å². The molecule has 0 aliphatic heterocycles. The maximum atomic E-state index is 12.0. The monoisotopic (exact) mass is 384 g/mol. The van der Waals surface area contributed by atoms with Crippen LogP contribution in [0.5, 0.6) is 5.75 Å². The van der Waals surface area contributed by atoms with Crippen LogP contribution in [-0.2, 0) is 12.2 Å². The lowest BCUT2D eigenvalue weighted by molar-refractivity contribution is 0.468. The Morgan fingerprint density at radius 1 is 1.23 bits per heavy atom. The zero-order valence-corrected chi connectivity index (χ0v) is 15.9. The Hall–Kier alpha value is -2.38. The van der Waals surface area contributed by atoms with Gasteiger partial charge in [-0.1, -0.05) is 6.92 Å². The van der Waals surface area contributed by atoms with Crippen molar-refractivity contribution >= 4 is 44.3 Å². The average molecular weight is 384 g/mol. The van der Waals surface area contributed by atoms with Crippen molar-refractivity contribution in [3.63, 3.8) is 0 Å². The summed E-state index contributed by atoms with van der Waals surface area (Å²) in [4.78, 5) is 23.0. The van der Waals surface area contributed by atoms with Gasteiger partial charge in [-0.25, -0.2) is 14.8 Å². The second kappa shape index (κ2) is 6.74. The molecular formula is C19H16N2O3S2. The fraction of sp³-hybridized carbons (Fsp3) is 0.211. The van der Waals surface area contributed by atoms with Gasteiger partial charge in [-0.3, -0.25) is 0 Å². The van der Waals surface area contributed by atoms with Gasteiger partial charge in [-0.05, 0) is 37.1 Å². The molecule has 0 radical (unpaired) electrons. The lowest BCUT2D eigenvalue weighted by Gasteiger charge is -2.08. The van der Waals surface area contributed by atoms with E-state index in [2.05, 4.69) is 23.0 Å². The molecule has 3 heterocycles. The molecular weight excluding hydrogens is 368 g/mol. The highest BCUT2D eigenvalue weighted by Gasteiger charge is 2.13. The van der Waals surface area contributed by atoms with Gasteiger partial charge in [0, 0.05) is 33.0 Å². The van der Waals surface area contributed by atoms with E-state index in [9.17, 15) is 9.90 Å². The molecule has 4 rings (SSSR count). The molecule has 26 heavy (non-hydrogen) atoms. The maximum Gasteiger partial charge on any atom is 0.336 e. The molecule has 0 unspecified atom stereocenters. The van der Waals surface area contributed by atoms with E-state index in [-0.39, 0.29) is 5.75 Å². The molecule has 0 fully saturated rings. The highest BCUT2D eigenvalue weighted by atomic mass is 32.2. The van der Waals surface area contributed by atoms with Crippen LogP contribution >= 0.6 is 23.1 Å². The van der Waals surface area contributed by atoms with Gasteiger partial charge in [0.25, 0.3) is 0 Å². The van der Waals surface area contributed by atoms with Crippen LogP contribution in [0.3, 0.4) is 0 Å². The predicted octanol–water partition coefficient (Wildman–Crippen LogP) is 4.67. The standard InChI is InChI=1S/C19H16N2O3S2/c1-3-12-7-14-18(20-9-21-19(14)26-12)25-8-11-6-16(23)24-17-10(2)15(22)5-4-13(11)17/h4-7,9,22H,3,8H2,1-2H3. The normalized spacial score (nSPS) is 11.5. The summed E-state index contributed by atoms with van der Waals surface area (Å²) in [6, 6.07) is 7.06. The second-order valence-electron chi connectivity index (χ2n) is 5.93. The van der Waals surface area contributed by atoms with Gasteiger partial charge < -0.3 is 9.52 Å². The van der Waals surface area contributed by atoms with Crippen LogP contribution in [0.25, 0.3) is 21.2 Å². The Bertz CT molecular complexity index is 1180. The van der Waals surface area contributed by atoms with Crippen molar-refractivity contribution < 1.29 is 9.52 Å². The quantitative estimate of drug-likeness (QED) is 0.313. The number of nitrogens with zero attached hydrogens (tertiary/aromatic N) is 2. The predicted molar refractivity (Wildman–Crippen MR) is 105 cm³/mol. The van der Waals surface area contributed by atoms with Crippen LogP contribution in [0.2, 0.25) is 0 Å². The van der Waals surface area contributed by atoms with Gasteiger partial charge in [0.15, 0.2) is 0 Å². The first-order valence-electron chi connectivity index (χ1n) is 8.18. The Morgan fingerprint density at radius 3 is 2.88 bits per heavy atom. The lowest BCUT2D eigenvalue weighted by atomic mass is 10.1. The number of rotatable bonds is 4. The van der Waals surface area contributed by atoms with Crippen molar-refractivity contribution in [3.8, 4) is 5.75 Å². The molecule has 1 N–H and O–H groups in total. The summed E-state index contributed by atoms with van der Waals surface area (Å²) in [6.07, 6.45) is 2.55. The van der Waals surface area contributed by atoms with Crippen molar-refractivity contribution in [2.75, 3.05) is 0 Å². The SMILES string of the molecule is CCc1cc2c(SCc3cc(=O)oc4c(C)c(O)ccc34)ncnc2s1. The van der Waals surface area contributed by atoms with Crippen LogP contribution in [-0.4, -0.2) is 15.1 Å². The summed E-state index contributed by atoms with van der Waals surface area (Å²) in [5.74, 6) is 0.698. The van der Waals surface area contributed by atoms with Crippen LogP contribution < -0.4 is 5.63 Å². The number of hydrogen-bond acceptors (Lipinski definition) is 7. The van der Waals surface area contributed by atoms with E-state index in [4.69, 9.17) is 4.42 Å². The number of aryl methyl sites for hydroxylation is 2. The fourth-order valence-electron chi connectivity index (χ4n) is 2.85. The molecule has 0 amide bonds. The Labute approximate surface area is 157 Å². The van der Waals surface area contributed by atoms with Gasteiger partial charge in [0.05, 0.1) is 0 Å². The third-order valence-electron chi connectivity index (χ3n) is 4.27. The van der Waals surface area contributed by atoms with E-state index in [0.29, 0.717) is 16.9 Å². The van der Waals surface area contributed by atoms with Gasteiger partial charge in [0.1, 0.15) is 27.5 Å². The second-order valence-corrected chi connectivity index (χ2v) is 8.01. The van der Waals surface area contributed by atoms with E-state index < -0.39 is 5.63 Å². The van der Waals surface area contributed by atoms with Crippen molar-refractivity contribution in [3.05, 3.63) is 57.0 Å². The highest BCUT2D eigenvalue weighted by Crippen LogP contribution is 2.34. The molecule has 0 saturated carbocycles. The molecule has 0 atom stereocenters. The van der Waals surface area contributed by atoms with Crippen molar-refractivity contribution in [1.29, 1.82) is 0 Å². The molecule has 132 valence electrons. The molecule has 0 spiro atoms. The summed E-state index contributed by atoms with van der Waals surface area (Å²) in [7, 11) is 0. The van der Waals surface area contributed by atoms with Crippen molar-refractivity contribution in [2.24, 2.45) is 0 Å². The first kappa shape index (κ1) is 17.1. The molecule has 0 aliphatic rings. The number of phenols is 1. The Morgan fingerprint density at radius 2 is 2.08 bits per heavy atom. The molecule has 0 aliphatic carbocycles. The van der Waals surface area contributed by atoms with Gasteiger partial charge >= 0.3 is 5.63 Å². The van der Waals surface area contributed by atoms with Crippen molar-refractivity contribution in [2.45, 2.75) is 31.0 Å². The van der Waals surface area contributed by atoms with E-state index in [0.717, 1.165) is 32.6 Å². The maximum absolute atomic E-state index is 12.0. The number of benzene rings is 1. The van der Waals surface area contributed by atoms with E-state index in [1.165, 1.54) is 10.9 Å². The zero-order valence-electron chi connectivity index (χ0n) is 14.3. The van der Waals surface area contributed by atoms with E-state index >= 15 is 0 Å². The summed E-state index contributed by atoms with van der Waals surface area (Å²) >= 11 is 3.26. The molecule has 5 nitrogen and oxygen atoms in total. The summed E-state index contributed by atoms with van der Waals surface area (Å²) < 4.78 is 5.31. The molecule has 7 heteroatoms. The minimum atomic E-state index is -0.418. The number of thiophene rings is 1. The largest absolute Gasteiger partial charge is 0.508 e. The first-order valence-corrected chi connectivity index (χ1v) is 9.98. The number of hydrogen-bond donors (Lipinski definition) is 1. The Balaban J connectivity index is 1.74. The average Bonchev–Trinajstić information content (AvgIpc) is 3.07. The summed E-state index contributed by atoms with van der Waals surface area (Å²) in [5.41, 5.74) is 1.45. The molecule has 1 aromatic carbocycles. The summed E-state index contributed by atoms with van der Waals surface area (Å²) in [5, 5.41) is 12.7. The minimum absolute atomic E-state index is 0.119. The van der Waals surface area contributed by atoms with Crippen LogP contribution in [0.1, 0.15) is 22.9 Å². The van der Waals surface area contributed by atoms with E-state index in [1.54, 1.807) is 48.5 Å². The molecule has 0 saturated heterocycles.